The van der Waals surface area contributed by atoms with E-state index in [-0.39, 0.29) is 29.0 Å². The van der Waals surface area contributed by atoms with Gasteiger partial charge in [0, 0.05) is 5.56 Å². The average Bonchev–Trinajstić information content (AvgIpc) is 3.46. The van der Waals surface area contributed by atoms with Gasteiger partial charge in [0.05, 0.1) is 27.2 Å². The van der Waals surface area contributed by atoms with Gasteiger partial charge >= 0.3 is 0 Å². The zero-order chi connectivity index (χ0) is 24.8. The van der Waals surface area contributed by atoms with Crippen LogP contribution in [0.2, 0.25) is 0 Å². The summed E-state index contributed by atoms with van der Waals surface area (Å²) in [5, 5.41) is 22.5. The number of para-hydroxylation sites is 1. The molecule has 0 radical (unpaired) electrons. The molecule has 0 spiro atoms. The Labute approximate surface area is 200 Å². The Bertz CT molecular complexity index is 1610. The molecule has 2 aromatic heterocycles. The number of hydrogen-bond donors (Lipinski definition) is 5. The molecule has 4 aromatic rings. The fourth-order valence-electron chi connectivity index (χ4n) is 4.54. The van der Waals surface area contributed by atoms with Crippen LogP contribution in [0.4, 0.5) is 5.95 Å². The number of piperidine rings is 1. The van der Waals surface area contributed by atoms with E-state index in [1.54, 1.807) is 18.2 Å². The van der Waals surface area contributed by atoms with Crippen LogP contribution in [0.5, 0.6) is 0 Å². The summed E-state index contributed by atoms with van der Waals surface area (Å²) in [5.41, 5.74) is 7.61. The SMILES string of the molecule is Nc1nc2c(-c3ccc(S(=O)(=O)C[C@@H]4CCCNC4)c(S(N)(=O)=O)c3-c3nn[nH]n3)cccc2[nH]1. The largest absolute Gasteiger partial charge is 0.369 e. The lowest BCUT2D eigenvalue weighted by molar-refractivity contribution is 0.404. The van der Waals surface area contributed by atoms with Crippen LogP contribution in [0.25, 0.3) is 33.5 Å². The number of nitrogen functional groups attached to an aromatic ring is 1. The Morgan fingerprint density at radius 1 is 1.09 bits per heavy atom. The minimum absolute atomic E-state index is 0.0850. The monoisotopic (exact) mass is 517 g/mol. The maximum Gasteiger partial charge on any atom is 0.240 e. The summed E-state index contributed by atoms with van der Waals surface area (Å²) in [6.45, 7) is 1.35. The smallest absolute Gasteiger partial charge is 0.240 e. The van der Waals surface area contributed by atoms with Crippen molar-refractivity contribution in [2.24, 2.45) is 11.1 Å². The van der Waals surface area contributed by atoms with Crippen molar-refractivity contribution in [3.63, 3.8) is 0 Å². The molecular weight excluding hydrogens is 494 g/mol. The van der Waals surface area contributed by atoms with Crippen molar-refractivity contribution in [3.05, 3.63) is 30.3 Å². The fourth-order valence-corrected chi connectivity index (χ4v) is 7.85. The van der Waals surface area contributed by atoms with E-state index >= 15 is 0 Å². The van der Waals surface area contributed by atoms with Crippen molar-refractivity contribution in [3.8, 4) is 22.5 Å². The molecule has 1 fully saturated rings. The first-order chi connectivity index (χ1) is 16.6. The van der Waals surface area contributed by atoms with Crippen molar-refractivity contribution in [2.45, 2.75) is 22.6 Å². The molecule has 2 aromatic carbocycles. The molecule has 3 heterocycles. The number of tetrazole rings is 1. The second-order valence-corrected chi connectivity index (χ2v) is 11.9. The second-order valence-electron chi connectivity index (χ2n) is 8.41. The first-order valence-corrected chi connectivity index (χ1v) is 14.0. The average molecular weight is 518 g/mol. The number of primary sulfonamides is 1. The van der Waals surface area contributed by atoms with Gasteiger partial charge in [-0.25, -0.2) is 27.0 Å². The molecule has 7 N–H and O–H groups in total. The highest BCUT2D eigenvalue weighted by Gasteiger charge is 2.34. The number of nitrogens with two attached hydrogens (primary N) is 2. The molecule has 0 bridgehead atoms. The lowest BCUT2D eigenvalue weighted by Crippen LogP contribution is -2.34. The number of benzene rings is 2. The summed E-state index contributed by atoms with van der Waals surface area (Å²) in [4.78, 5) is 6.24. The highest BCUT2D eigenvalue weighted by molar-refractivity contribution is 7.93. The third kappa shape index (κ3) is 4.38. The first-order valence-electron chi connectivity index (χ1n) is 10.8. The van der Waals surface area contributed by atoms with Crippen molar-refractivity contribution in [2.75, 3.05) is 24.6 Å². The van der Waals surface area contributed by atoms with Gasteiger partial charge in [-0.3, -0.25) is 0 Å². The molecule has 15 heteroatoms. The number of nitrogens with one attached hydrogen (secondary N) is 3. The van der Waals surface area contributed by atoms with Gasteiger partial charge in [0.25, 0.3) is 0 Å². The van der Waals surface area contributed by atoms with Crippen molar-refractivity contribution < 1.29 is 16.8 Å². The lowest BCUT2D eigenvalue weighted by Gasteiger charge is -2.23. The van der Waals surface area contributed by atoms with E-state index < -0.39 is 29.7 Å². The molecule has 0 aliphatic carbocycles. The number of sulfone groups is 1. The zero-order valence-electron chi connectivity index (χ0n) is 18.4. The molecule has 1 saturated heterocycles. The molecule has 35 heavy (non-hydrogen) atoms. The summed E-state index contributed by atoms with van der Waals surface area (Å²) < 4.78 is 52.9. The lowest BCUT2D eigenvalue weighted by atomic mass is 9.98. The number of H-pyrrole nitrogens is 2. The minimum Gasteiger partial charge on any atom is -0.369 e. The summed E-state index contributed by atoms with van der Waals surface area (Å²) in [5.74, 6) is -0.337. The molecular formula is C20H23N9O4S2. The van der Waals surface area contributed by atoms with Crippen LogP contribution in [0, 0.1) is 5.92 Å². The van der Waals surface area contributed by atoms with Gasteiger partial charge in [0.2, 0.25) is 15.8 Å². The van der Waals surface area contributed by atoms with E-state index in [4.69, 9.17) is 10.9 Å². The number of hydrogen-bond acceptors (Lipinski definition) is 10. The predicted molar refractivity (Wildman–Crippen MR) is 128 cm³/mol. The predicted octanol–water partition coefficient (Wildman–Crippen LogP) is 0.413. The number of nitrogens with zero attached hydrogens (tertiary/aromatic N) is 4. The highest BCUT2D eigenvalue weighted by atomic mass is 32.2. The van der Waals surface area contributed by atoms with Crippen LogP contribution in [-0.4, -0.2) is 66.3 Å². The molecule has 0 unspecified atom stereocenters. The molecule has 5 rings (SSSR count). The molecule has 0 amide bonds. The number of sulfonamides is 1. The van der Waals surface area contributed by atoms with Gasteiger partial charge in [-0.15, -0.1) is 10.2 Å². The van der Waals surface area contributed by atoms with Gasteiger partial charge in [0.15, 0.2) is 15.8 Å². The number of aromatic nitrogens is 6. The van der Waals surface area contributed by atoms with Crippen LogP contribution in [-0.2, 0) is 19.9 Å². The van der Waals surface area contributed by atoms with Crippen molar-refractivity contribution >= 4 is 36.8 Å². The van der Waals surface area contributed by atoms with Crippen LogP contribution in [0.3, 0.4) is 0 Å². The number of imidazole rings is 1. The maximum absolute atomic E-state index is 13.5. The molecule has 1 aliphatic rings. The summed E-state index contributed by atoms with van der Waals surface area (Å²) in [7, 11) is -8.61. The third-order valence-electron chi connectivity index (χ3n) is 5.99. The van der Waals surface area contributed by atoms with Gasteiger partial charge in [-0.05, 0) is 54.8 Å². The Morgan fingerprint density at radius 2 is 1.91 bits per heavy atom. The summed E-state index contributed by atoms with van der Waals surface area (Å²) in [6.07, 6.45) is 1.56. The van der Waals surface area contributed by atoms with Crippen LogP contribution in [0.15, 0.2) is 40.1 Å². The quantitative estimate of drug-likeness (QED) is 0.237. The highest BCUT2D eigenvalue weighted by Crippen LogP contribution is 2.41. The van der Waals surface area contributed by atoms with Gasteiger partial charge in [-0.2, -0.15) is 5.21 Å². The first kappa shape index (κ1) is 23.3. The van der Waals surface area contributed by atoms with Crippen molar-refractivity contribution in [1.82, 2.24) is 35.9 Å². The van der Waals surface area contributed by atoms with Crippen LogP contribution in [0.1, 0.15) is 12.8 Å². The standard InChI is InChI=1S/C20H23N9O4S2/c21-20-24-14-5-1-4-13(17(14)25-20)12-6-7-15(34(30,31)10-11-3-2-8-23-9-11)18(35(22,32)33)16(12)19-26-28-29-27-19/h1,4-7,11,23H,2-3,8-10H2,(H3,21,24,25)(H2,22,32,33)(H,26,27,28,29)/t11-/m1/s1. The topological polar surface area (TPSA) is 215 Å². The van der Waals surface area contributed by atoms with Crippen molar-refractivity contribution in [1.29, 1.82) is 0 Å². The van der Waals surface area contributed by atoms with Crippen LogP contribution < -0.4 is 16.2 Å². The van der Waals surface area contributed by atoms with Crippen LogP contribution >= 0.6 is 0 Å². The Hall–Kier alpha value is -3.40. The third-order valence-corrected chi connectivity index (χ3v) is 9.03. The normalized spacial score (nSPS) is 17.1. The Balaban J connectivity index is 1.79. The zero-order valence-corrected chi connectivity index (χ0v) is 20.0. The van der Waals surface area contributed by atoms with Gasteiger partial charge < -0.3 is 16.0 Å². The van der Waals surface area contributed by atoms with E-state index in [0.717, 1.165) is 19.4 Å². The van der Waals surface area contributed by atoms with E-state index in [1.165, 1.54) is 12.1 Å². The van der Waals surface area contributed by atoms with Gasteiger partial charge in [-0.1, -0.05) is 18.2 Å². The minimum atomic E-state index is -4.56. The van der Waals surface area contributed by atoms with E-state index in [2.05, 4.69) is 35.9 Å². The molecule has 1 atom stereocenters. The molecule has 1 aliphatic heterocycles. The number of rotatable bonds is 6. The second kappa shape index (κ2) is 8.67. The van der Waals surface area contributed by atoms with E-state index in [0.29, 0.717) is 28.7 Å². The fraction of sp³-hybridized carbons (Fsp3) is 0.300. The molecule has 13 nitrogen and oxygen atoms in total. The number of aromatic amines is 2. The number of anilines is 1. The Morgan fingerprint density at radius 3 is 2.60 bits per heavy atom. The number of fused-ring (bicyclic) bond motifs is 1. The molecule has 184 valence electrons. The Kier molecular flexibility index (Phi) is 5.79. The van der Waals surface area contributed by atoms with Gasteiger partial charge in [0.1, 0.15) is 4.90 Å². The maximum atomic E-state index is 13.5. The summed E-state index contributed by atoms with van der Waals surface area (Å²) in [6, 6.07) is 7.96. The van der Waals surface area contributed by atoms with E-state index in [1.807, 2.05) is 0 Å². The van der Waals surface area contributed by atoms with E-state index in [9.17, 15) is 16.8 Å². The summed E-state index contributed by atoms with van der Waals surface area (Å²) >= 11 is 0. The molecule has 0 saturated carbocycles.